The van der Waals surface area contributed by atoms with Crippen molar-refractivity contribution in [3.05, 3.63) is 40.0 Å². The van der Waals surface area contributed by atoms with E-state index in [1.165, 1.54) is 4.90 Å². The first-order valence-electron chi connectivity index (χ1n) is 8.38. The number of halogens is 2. The van der Waals surface area contributed by atoms with Crippen LogP contribution < -0.4 is 0 Å². The first-order valence-corrected chi connectivity index (χ1v) is 9.13. The Bertz CT molecular complexity index is 722. The second-order valence-electron chi connectivity index (χ2n) is 6.29. The summed E-state index contributed by atoms with van der Waals surface area (Å²) in [6, 6.07) is 5.06. The Morgan fingerprint density at radius 1 is 1.27 bits per heavy atom. The topological polar surface area (TPSA) is 54.4 Å². The van der Waals surface area contributed by atoms with E-state index < -0.39 is 5.79 Å². The fourth-order valence-electron chi connectivity index (χ4n) is 3.15. The lowest BCUT2D eigenvalue weighted by Crippen LogP contribution is -2.49. The fourth-order valence-corrected chi connectivity index (χ4v) is 3.45. The number of aliphatic imine (C=N–C) groups is 1. The molecule has 0 atom stereocenters. The van der Waals surface area contributed by atoms with E-state index in [1.54, 1.807) is 36.3 Å². The molecule has 3 rings (SSSR count). The Labute approximate surface area is 163 Å². The van der Waals surface area contributed by atoms with E-state index in [0.29, 0.717) is 54.9 Å². The van der Waals surface area contributed by atoms with Gasteiger partial charge < -0.3 is 19.3 Å². The minimum atomic E-state index is -0.501. The summed E-state index contributed by atoms with van der Waals surface area (Å²) in [5.74, 6) is -0.501. The smallest absolute Gasteiger partial charge is 0.323 e. The Hall–Kier alpha value is -1.60. The first kappa shape index (κ1) is 19.2. The summed E-state index contributed by atoms with van der Waals surface area (Å²) < 4.78 is 11.4. The van der Waals surface area contributed by atoms with Gasteiger partial charge in [0.2, 0.25) is 0 Å². The number of carbonyl (C=O) groups is 1. The number of carbonyl (C=O) groups excluding carboxylic acids is 1. The highest BCUT2D eigenvalue weighted by molar-refractivity contribution is 6.42. The normalized spacial score (nSPS) is 19.7. The van der Waals surface area contributed by atoms with Gasteiger partial charge in [0.1, 0.15) is 0 Å². The average molecular weight is 398 g/mol. The van der Waals surface area contributed by atoms with E-state index in [2.05, 4.69) is 11.7 Å². The molecule has 0 bridgehead atoms. The zero-order chi connectivity index (χ0) is 18.7. The molecule has 2 heterocycles. The Morgan fingerprint density at radius 3 is 2.50 bits per heavy atom. The Morgan fingerprint density at radius 2 is 1.92 bits per heavy atom. The molecule has 1 aromatic carbocycles. The third-order valence-electron chi connectivity index (χ3n) is 4.61. The summed E-state index contributed by atoms with van der Waals surface area (Å²) in [5, 5.41) is 0.882. The van der Waals surface area contributed by atoms with Crippen LogP contribution >= 0.6 is 23.2 Å². The van der Waals surface area contributed by atoms with Gasteiger partial charge in [0, 0.05) is 44.7 Å². The Balaban J connectivity index is 1.68. The van der Waals surface area contributed by atoms with Gasteiger partial charge in [0.25, 0.3) is 0 Å². The molecule has 0 N–H and O–H groups in total. The molecule has 1 spiro atoms. The number of hydrogen-bond acceptors (Lipinski definition) is 4. The number of amides is 2. The highest BCUT2D eigenvalue weighted by Gasteiger charge is 2.41. The summed E-state index contributed by atoms with van der Waals surface area (Å²) in [5.41, 5.74) is 1.27. The standard InChI is InChI=1S/C18H21Cl2N3O3/c1-21-16(13-3-4-14(19)15(20)11-13)12-22(2)17(24)23-7-5-18(6-8-23)25-9-10-26-18/h3-4,11-12H,1,5-10H2,2H3. The van der Waals surface area contributed by atoms with Crippen molar-refractivity contribution in [3.8, 4) is 0 Å². The lowest BCUT2D eigenvalue weighted by Gasteiger charge is -2.38. The van der Waals surface area contributed by atoms with Crippen LogP contribution in [-0.4, -0.2) is 61.7 Å². The van der Waals surface area contributed by atoms with Crippen LogP contribution in [0.15, 0.2) is 29.4 Å². The van der Waals surface area contributed by atoms with Crippen molar-refractivity contribution in [2.75, 3.05) is 33.4 Å². The molecule has 140 valence electrons. The van der Waals surface area contributed by atoms with Crippen LogP contribution in [0, 0.1) is 0 Å². The number of piperidine rings is 1. The van der Waals surface area contributed by atoms with Crippen LogP contribution in [0.25, 0.3) is 5.70 Å². The monoisotopic (exact) mass is 397 g/mol. The second kappa shape index (κ2) is 7.96. The minimum absolute atomic E-state index is 0.112. The summed E-state index contributed by atoms with van der Waals surface area (Å²) in [4.78, 5) is 20.0. The van der Waals surface area contributed by atoms with Gasteiger partial charge in [-0.15, -0.1) is 0 Å². The molecule has 26 heavy (non-hydrogen) atoms. The third kappa shape index (κ3) is 4.04. The van der Waals surface area contributed by atoms with Crippen molar-refractivity contribution in [2.24, 2.45) is 4.99 Å². The predicted octanol–water partition coefficient (Wildman–Crippen LogP) is 3.88. The number of urea groups is 1. The molecular weight excluding hydrogens is 377 g/mol. The number of rotatable bonds is 3. The van der Waals surface area contributed by atoms with Crippen molar-refractivity contribution < 1.29 is 14.3 Å². The molecule has 0 aromatic heterocycles. The van der Waals surface area contributed by atoms with Gasteiger partial charge in [-0.05, 0) is 18.9 Å². The highest BCUT2D eigenvalue weighted by Crippen LogP contribution is 2.32. The Kier molecular flexibility index (Phi) is 5.87. The summed E-state index contributed by atoms with van der Waals surface area (Å²) >= 11 is 12.0. The maximum absolute atomic E-state index is 12.7. The lowest BCUT2D eigenvalue weighted by molar-refractivity contribution is -0.181. The van der Waals surface area contributed by atoms with Crippen molar-refractivity contribution in [3.63, 3.8) is 0 Å². The number of benzene rings is 1. The highest BCUT2D eigenvalue weighted by atomic mass is 35.5. The number of nitrogens with zero attached hydrogens (tertiary/aromatic N) is 3. The van der Waals surface area contributed by atoms with Crippen molar-refractivity contribution in [2.45, 2.75) is 18.6 Å². The van der Waals surface area contributed by atoms with Crippen LogP contribution in [0.5, 0.6) is 0 Å². The maximum atomic E-state index is 12.7. The fraction of sp³-hybridized carbons (Fsp3) is 0.444. The van der Waals surface area contributed by atoms with E-state index in [-0.39, 0.29) is 6.03 Å². The molecule has 6 nitrogen and oxygen atoms in total. The van der Waals surface area contributed by atoms with E-state index in [4.69, 9.17) is 32.7 Å². The maximum Gasteiger partial charge on any atom is 0.323 e. The first-order chi connectivity index (χ1) is 12.4. The molecule has 2 fully saturated rings. The molecule has 2 amide bonds. The molecular formula is C18H21Cl2N3O3. The summed E-state index contributed by atoms with van der Waals surface area (Å²) in [6.07, 6.45) is 2.99. The molecule has 8 heteroatoms. The zero-order valence-corrected chi connectivity index (χ0v) is 16.1. The van der Waals surface area contributed by atoms with Gasteiger partial charge in [0.15, 0.2) is 5.79 Å². The van der Waals surface area contributed by atoms with Gasteiger partial charge in [-0.25, -0.2) is 4.79 Å². The number of ether oxygens (including phenoxy) is 2. The predicted molar refractivity (Wildman–Crippen MR) is 103 cm³/mol. The molecule has 2 aliphatic heterocycles. The number of hydrogen-bond donors (Lipinski definition) is 0. The average Bonchev–Trinajstić information content (AvgIpc) is 3.10. The zero-order valence-electron chi connectivity index (χ0n) is 14.6. The molecule has 0 saturated carbocycles. The van der Waals surface area contributed by atoms with E-state index in [0.717, 1.165) is 5.56 Å². The van der Waals surface area contributed by atoms with Crippen molar-refractivity contribution >= 4 is 41.6 Å². The number of likely N-dealkylation sites (tertiary alicyclic amines) is 1. The largest absolute Gasteiger partial charge is 0.347 e. The van der Waals surface area contributed by atoms with Crippen molar-refractivity contribution in [1.29, 1.82) is 0 Å². The quantitative estimate of drug-likeness (QED) is 0.727. The van der Waals surface area contributed by atoms with E-state index in [1.807, 2.05) is 0 Å². The van der Waals surface area contributed by atoms with Crippen LogP contribution in [0.1, 0.15) is 18.4 Å². The van der Waals surface area contributed by atoms with Crippen LogP contribution in [0.4, 0.5) is 4.79 Å². The van der Waals surface area contributed by atoms with Crippen LogP contribution in [0.3, 0.4) is 0 Å². The lowest BCUT2D eigenvalue weighted by atomic mass is 10.0. The van der Waals surface area contributed by atoms with Crippen LogP contribution in [-0.2, 0) is 9.47 Å². The van der Waals surface area contributed by atoms with E-state index >= 15 is 0 Å². The minimum Gasteiger partial charge on any atom is -0.347 e. The third-order valence-corrected chi connectivity index (χ3v) is 5.35. The van der Waals surface area contributed by atoms with E-state index in [9.17, 15) is 4.79 Å². The van der Waals surface area contributed by atoms with Gasteiger partial charge in [-0.2, -0.15) is 0 Å². The second-order valence-corrected chi connectivity index (χ2v) is 7.10. The molecule has 2 saturated heterocycles. The van der Waals surface area contributed by atoms with Gasteiger partial charge in [-0.1, -0.05) is 29.3 Å². The van der Waals surface area contributed by atoms with Gasteiger partial charge in [0.05, 0.1) is 29.0 Å². The molecule has 0 aliphatic carbocycles. The molecule has 2 aliphatic rings. The van der Waals surface area contributed by atoms with Gasteiger partial charge in [-0.3, -0.25) is 4.99 Å². The molecule has 1 aromatic rings. The van der Waals surface area contributed by atoms with Gasteiger partial charge >= 0.3 is 6.03 Å². The summed E-state index contributed by atoms with van der Waals surface area (Å²) in [7, 11) is 1.69. The molecule has 0 radical (unpaired) electrons. The summed E-state index contributed by atoms with van der Waals surface area (Å²) in [6.45, 7) is 5.99. The van der Waals surface area contributed by atoms with Crippen LogP contribution in [0.2, 0.25) is 10.0 Å². The molecule has 0 unspecified atom stereocenters. The SMILES string of the molecule is C=NC(=CN(C)C(=O)N1CCC2(CC1)OCCO2)c1ccc(Cl)c(Cl)c1. The van der Waals surface area contributed by atoms with Crippen molar-refractivity contribution in [1.82, 2.24) is 9.80 Å².